The standard InChI is InChI=1S/C27H47N3O5/c1-7-14-28-22(32)19-18-12-13-27(35-18)20(19)24(34)30(15-10-8-9-11-16-31)21(27)23(33)29-26(5,6)17-25(2,3)4/h18-21,31H,7-17H2,1-6H3,(H,28,32)(H,29,33)/t18-,19+,20+,21?,27?/m1/s1. The Kier molecular flexibility index (Phi) is 8.57. The van der Waals surface area contributed by atoms with Gasteiger partial charge in [-0.2, -0.15) is 0 Å². The molecule has 3 heterocycles. The molecular formula is C27H47N3O5. The molecule has 2 unspecified atom stereocenters. The average molecular weight is 494 g/mol. The van der Waals surface area contributed by atoms with Crippen molar-refractivity contribution in [3.63, 3.8) is 0 Å². The third-order valence-electron chi connectivity index (χ3n) is 7.64. The van der Waals surface area contributed by atoms with Gasteiger partial charge < -0.3 is 25.4 Å². The third-order valence-corrected chi connectivity index (χ3v) is 7.64. The topological polar surface area (TPSA) is 108 Å². The maximum Gasteiger partial charge on any atom is 0.246 e. The lowest BCUT2D eigenvalue weighted by Gasteiger charge is -2.38. The van der Waals surface area contributed by atoms with Crippen LogP contribution in [0.2, 0.25) is 0 Å². The number of aliphatic hydroxyl groups is 1. The Morgan fingerprint density at radius 2 is 1.80 bits per heavy atom. The minimum Gasteiger partial charge on any atom is -0.396 e. The second-order valence-corrected chi connectivity index (χ2v) is 12.6. The van der Waals surface area contributed by atoms with Gasteiger partial charge in [-0.3, -0.25) is 14.4 Å². The number of amides is 3. The molecule has 3 N–H and O–H groups in total. The van der Waals surface area contributed by atoms with Crippen LogP contribution in [0.3, 0.4) is 0 Å². The Hall–Kier alpha value is -1.67. The van der Waals surface area contributed by atoms with E-state index in [0.29, 0.717) is 25.9 Å². The SMILES string of the molecule is CCCNC(=O)[C@@H]1[C@H]2C(=O)N(CCCCCCO)C(C(=O)NC(C)(C)CC(C)(C)C)C23CC[C@H]1O3. The van der Waals surface area contributed by atoms with E-state index in [2.05, 4.69) is 31.4 Å². The van der Waals surface area contributed by atoms with Crippen LogP contribution in [0, 0.1) is 17.3 Å². The van der Waals surface area contributed by atoms with E-state index in [1.165, 1.54) is 0 Å². The summed E-state index contributed by atoms with van der Waals surface area (Å²) in [6.45, 7) is 13.7. The van der Waals surface area contributed by atoms with Gasteiger partial charge in [-0.05, 0) is 57.8 Å². The molecular weight excluding hydrogens is 446 g/mol. The van der Waals surface area contributed by atoms with Gasteiger partial charge in [0.2, 0.25) is 17.7 Å². The minimum atomic E-state index is -0.942. The molecule has 0 aliphatic carbocycles. The van der Waals surface area contributed by atoms with E-state index in [4.69, 9.17) is 9.84 Å². The summed E-state index contributed by atoms with van der Waals surface area (Å²) in [4.78, 5) is 42.5. The molecule has 3 aliphatic rings. The summed E-state index contributed by atoms with van der Waals surface area (Å²) in [5.41, 5.74) is -1.36. The lowest BCUT2D eigenvalue weighted by atomic mass is 9.70. The van der Waals surface area contributed by atoms with Gasteiger partial charge in [0.15, 0.2) is 0 Å². The monoisotopic (exact) mass is 493 g/mol. The van der Waals surface area contributed by atoms with Crippen molar-refractivity contribution in [3.8, 4) is 0 Å². The van der Waals surface area contributed by atoms with Crippen molar-refractivity contribution in [3.05, 3.63) is 0 Å². The Morgan fingerprint density at radius 1 is 1.11 bits per heavy atom. The summed E-state index contributed by atoms with van der Waals surface area (Å²) in [6.07, 6.45) is 5.83. The normalized spacial score (nSPS) is 30.0. The van der Waals surface area contributed by atoms with E-state index in [-0.39, 0.29) is 35.8 Å². The van der Waals surface area contributed by atoms with E-state index in [1.54, 1.807) is 4.90 Å². The minimum absolute atomic E-state index is 0.0280. The Bertz CT molecular complexity index is 792. The first kappa shape index (κ1) is 27.9. The fraction of sp³-hybridized carbons (Fsp3) is 0.889. The molecule has 5 atom stereocenters. The second-order valence-electron chi connectivity index (χ2n) is 12.6. The van der Waals surface area contributed by atoms with Crippen molar-refractivity contribution >= 4 is 17.7 Å². The zero-order valence-corrected chi connectivity index (χ0v) is 22.6. The van der Waals surface area contributed by atoms with E-state index in [1.807, 2.05) is 20.8 Å². The number of carbonyl (C=O) groups is 3. The molecule has 8 heteroatoms. The van der Waals surface area contributed by atoms with Gasteiger partial charge in [0.05, 0.1) is 17.9 Å². The molecule has 0 aromatic heterocycles. The summed E-state index contributed by atoms with van der Waals surface area (Å²) >= 11 is 0. The van der Waals surface area contributed by atoms with Crippen molar-refractivity contribution in [1.29, 1.82) is 0 Å². The van der Waals surface area contributed by atoms with Gasteiger partial charge in [-0.1, -0.05) is 40.5 Å². The predicted molar refractivity (Wildman–Crippen MR) is 134 cm³/mol. The number of nitrogens with one attached hydrogen (secondary N) is 2. The third kappa shape index (κ3) is 5.85. The van der Waals surface area contributed by atoms with Gasteiger partial charge in [0, 0.05) is 25.2 Å². The summed E-state index contributed by atoms with van der Waals surface area (Å²) < 4.78 is 6.48. The fourth-order valence-electron chi connectivity index (χ4n) is 6.88. The van der Waals surface area contributed by atoms with Gasteiger partial charge >= 0.3 is 0 Å². The first-order valence-corrected chi connectivity index (χ1v) is 13.6. The molecule has 0 aromatic carbocycles. The van der Waals surface area contributed by atoms with E-state index >= 15 is 0 Å². The maximum absolute atomic E-state index is 13.9. The summed E-state index contributed by atoms with van der Waals surface area (Å²) in [7, 11) is 0. The van der Waals surface area contributed by atoms with Gasteiger partial charge in [0.1, 0.15) is 11.6 Å². The average Bonchev–Trinajstić information content (AvgIpc) is 3.37. The predicted octanol–water partition coefficient (Wildman–Crippen LogP) is 2.77. The van der Waals surface area contributed by atoms with Crippen LogP contribution in [0.15, 0.2) is 0 Å². The molecule has 3 saturated heterocycles. The molecule has 3 amide bonds. The Labute approximate surface area is 210 Å². The second kappa shape index (κ2) is 10.8. The van der Waals surface area contributed by atoms with Crippen LogP contribution in [0.4, 0.5) is 0 Å². The van der Waals surface area contributed by atoms with Crippen molar-refractivity contribution in [2.24, 2.45) is 17.3 Å². The Balaban J connectivity index is 1.87. The lowest BCUT2D eigenvalue weighted by molar-refractivity contribution is -0.143. The van der Waals surface area contributed by atoms with Crippen LogP contribution in [0.1, 0.15) is 92.9 Å². The highest BCUT2D eigenvalue weighted by molar-refractivity contribution is 5.99. The van der Waals surface area contributed by atoms with Crippen LogP contribution in [-0.4, -0.2) is 70.7 Å². The first-order chi connectivity index (χ1) is 16.4. The zero-order valence-electron chi connectivity index (χ0n) is 22.6. The number of aliphatic hydroxyl groups excluding tert-OH is 1. The van der Waals surface area contributed by atoms with Crippen LogP contribution in [0.5, 0.6) is 0 Å². The highest BCUT2D eigenvalue weighted by atomic mass is 16.5. The van der Waals surface area contributed by atoms with Crippen molar-refractivity contribution in [1.82, 2.24) is 15.5 Å². The first-order valence-electron chi connectivity index (χ1n) is 13.6. The summed E-state index contributed by atoms with van der Waals surface area (Å²) in [5, 5.41) is 15.3. The van der Waals surface area contributed by atoms with E-state index < -0.39 is 29.0 Å². The molecule has 3 rings (SSSR count). The van der Waals surface area contributed by atoms with Crippen molar-refractivity contribution in [2.75, 3.05) is 19.7 Å². The highest BCUT2D eigenvalue weighted by Crippen LogP contribution is 2.58. The summed E-state index contributed by atoms with van der Waals surface area (Å²) in [6, 6.07) is -0.730. The number of nitrogens with zero attached hydrogens (tertiary/aromatic N) is 1. The van der Waals surface area contributed by atoms with Crippen LogP contribution in [-0.2, 0) is 19.1 Å². The number of rotatable bonds is 12. The number of unbranched alkanes of at least 4 members (excludes halogenated alkanes) is 3. The van der Waals surface area contributed by atoms with Crippen LogP contribution >= 0.6 is 0 Å². The highest BCUT2D eigenvalue weighted by Gasteiger charge is 2.74. The van der Waals surface area contributed by atoms with Crippen molar-refractivity contribution < 1.29 is 24.2 Å². The molecule has 35 heavy (non-hydrogen) atoms. The molecule has 0 aromatic rings. The molecule has 8 nitrogen and oxygen atoms in total. The number of hydrogen-bond acceptors (Lipinski definition) is 5. The maximum atomic E-state index is 13.9. The van der Waals surface area contributed by atoms with E-state index in [9.17, 15) is 14.4 Å². The molecule has 200 valence electrons. The number of likely N-dealkylation sites (tertiary alicyclic amines) is 1. The number of fused-ring (bicyclic) bond motifs is 1. The molecule has 2 bridgehead atoms. The van der Waals surface area contributed by atoms with Crippen LogP contribution < -0.4 is 10.6 Å². The van der Waals surface area contributed by atoms with Gasteiger partial charge in [-0.15, -0.1) is 0 Å². The number of carbonyl (C=O) groups excluding carboxylic acids is 3. The number of ether oxygens (including phenoxy) is 1. The van der Waals surface area contributed by atoms with Gasteiger partial charge in [0.25, 0.3) is 0 Å². The molecule has 3 fully saturated rings. The van der Waals surface area contributed by atoms with Crippen molar-refractivity contribution in [2.45, 2.75) is 116 Å². The quantitative estimate of drug-likeness (QED) is 0.362. The molecule has 0 radical (unpaired) electrons. The molecule has 3 aliphatic heterocycles. The zero-order chi connectivity index (χ0) is 26.0. The van der Waals surface area contributed by atoms with Crippen LogP contribution in [0.25, 0.3) is 0 Å². The lowest BCUT2D eigenvalue weighted by Crippen LogP contribution is -2.59. The largest absolute Gasteiger partial charge is 0.396 e. The molecule has 0 saturated carbocycles. The number of hydrogen-bond donors (Lipinski definition) is 3. The Morgan fingerprint density at radius 3 is 2.43 bits per heavy atom. The summed E-state index contributed by atoms with van der Waals surface area (Å²) in [5.74, 6) is -1.59. The van der Waals surface area contributed by atoms with Gasteiger partial charge in [-0.25, -0.2) is 0 Å². The van der Waals surface area contributed by atoms with E-state index in [0.717, 1.165) is 38.5 Å². The fourth-order valence-corrected chi connectivity index (χ4v) is 6.88. The smallest absolute Gasteiger partial charge is 0.246 e. The molecule has 1 spiro atoms.